The number of nitrogens with zero attached hydrogens (tertiary/aromatic N) is 2. The molecule has 2 aromatic heterocycles. The molecule has 1 aromatic carbocycles. The molecule has 0 bridgehead atoms. The van der Waals surface area contributed by atoms with E-state index >= 15 is 0 Å². The number of para-hydroxylation sites is 1. The predicted octanol–water partition coefficient (Wildman–Crippen LogP) is 3.26. The van der Waals surface area contributed by atoms with Crippen LogP contribution in [0.4, 0.5) is 15.8 Å². The van der Waals surface area contributed by atoms with Gasteiger partial charge < -0.3 is 30.0 Å². The van der Waals surface area contributed by atoms with E-state index in [1.165, 1.54) is 13.2 Å². The molecule has 2 amide bonds. The molecule has 1 saturated heterocycles. The average Bonchev–Trinajstić information content (AvgIpc) is 3.23. The number of likely N-dealkylation sites (tertiary alicyclic amines) is 1. The minimum absolute atomic E-state index is 0.0377. The Morgan fingerprint density at radius 1 is 1.35 bits per heavy atom. The summed E-state index contributed by atoms with van der Waals surface area (Å²) in [6.45, 7) is 3.05. The first-order chi connectivity index (χ1) is 18.0. The van der Waals surface area contributed by atoms with E-state index in [0.29, 0.717) is 53.5 Å². The number of aromatic amines is 1. The SMILES string of the molecule is CC#CC(=O)N1CC[C@H]1COc1cnccc1-c1[nH]c2c(c1Nc1cccc(F)c1OC)C(=O)NCC2. The summed E-state index contributed by atoms with van der Waals surface area (Å²) in [6, 6.07) is 6.24. The number of pyridine rings is 1. The summed E-state index contributed by atoms with van der Waals surface area (Å²) in [5.74, 6) is 4.75. The standard InChI is InChI=1S/C27H26FN5O4/c1-3-5-22(34)33-13-10-16(33)15-37-21-14-29-11-8-17(21)24-25(23-19(31-24)9-12-30-27(23)35)32-20-7-4-6-18(28)26(20)36-2/h4,6-8,11,14,16,31-32H,9-10,12-13,15H2,1-2H3,(H,30,35)/t16-/m0/s1. The topological polar surface area (TPSA) is 109 Å². The second-order valence-corrected chi connectivity index (χ2v) is 8.68. The average molecular weight is 504 g/mol. The normalized spacial score (nSPS) is 16.0. The van der Waals surface area contributed by atoms with E-state index in [1.54, 1.807) is 42.4 Å². The summed E-state index contributed by atoms with van der Waals surface area (Å²) in [5, 5.41) is 6.09. The number of ether oxygens (including phenoxy) is 2. The monoisotopic (exact) mass is 503 g/mol. The molecule has 3 N–H and O–H groups in total. The second-order valence-electron chi connectivity index (χ2n) is 8.68. The van der Waals surface area contributed by atoms with Crippen LogP contribution in [0.25, 0.3) is 11.3 Å². The number of amides is 2. The van der Waals surface area contributed by atoms with Crippen LogP contribution in [0.3, 0.4) is 0 Å². The third-order valence-corrected chi connectivity index (χ3v) is 6.52. The Balaban J connectivity index is 1.51. The van der Waals surface area contributed by atoms with Gasteiger partial charge in [-0.2, -0.15) is 0 Å². The fraction of sp³-hybridized carbons (Fsp3) is 0.296. The van der Waals surface area contributed by atoms with Crippen molar-refractivity contribution in [3.05, 3.63) is 53.7 Å². The van der Waals surface area contributed by atoms with Crippen LogP contribution in [0.15, 0.2) is 36.7 Å². The molecule has 1 atom stereocenters. The molecule has 0 aliphatic carbocycles. The number of anilines is 2. The highest BCUT2D eigenvalue weighted by molar-refractivity contribution is 6.06. The zero-order chi connectivity index (χ0) is 25.9. The van der Waals surface area contributed by atoms with Gasteiger partial charge in [-0.3, -0.25) is 14.6 Å². The van der Waals surface area contributed by atoms with Gasteiger partial charge in [0.15, 0.2) is 11.6 Å². The van der Waals surface area contributed by atoms with Gasteiger partial charge in [-0.15, -0.1) is 0 Å². The highest BCUT2D eigenvalue weighted by atomic mass is 19.1. The van der Waals surface area contributed by atoms with E-state index in [4.69, 9.17) is 9.47 Å². The molecule has 0 unspecified atom stereocenters. The summed E-state index contributed by atoms with van der Waals surface area (Å²) in [6.07, 6.45) is 4.65. The number of fused-ring (bicyclic) bond motifs is 1. The molecule has 2 aliphatic rings. The maximum absolute atomic E-state index is 14.4. The van der Waals surface area contributed by atoms with Crippen LogP contribution < -0.4 is 20.1 Å². The summed E-state index contributed by atoms with van der Waals surface area (Å²) in [7, 11) is 1.39. The number of halogens is 1. The lowest BCUT2D eigenvalue weighted by molar-refractivity contribution is -0.133. The number of methoxy groups -OCH3 is 1. The van der Waals surface area contributed by atoms with E-state index < -0.39 is 5.82 Å². The number of hydrogen-bond acceptors (Lipinski definition) is 6. The molecule has 37 heavy (non-hydrogen) atoms. The summed E-state index contributed by atoms with van der Waals surface area (Å²) in [4.78, 5) is 34.3. The van der Waals surface area contributed by atoms with Crippen molar-refractivity contribution in [2.45, 2.75) is 25.8 Å². The summed E-state index contributed by atoms with van der Waals surface area (Å²) >= 11 is 0. The number of aromatic nitrogens is 2. The molecule has 3 aromatic rings. The lowest BCUT2D eigenvalue weighted by atomic mass is 10.0. The van der Waals surface area contributed by atoms with Crippen LogP contribution >= 0.6 is 0 Å². The number of nitrogens with one attached hydrogen (secondary N) is 3. The minimum Gasteiger partial charge on any atom is -0.492 e. The van der Waals surface area contributed by atoms with Crippen LogP contribution in [-0.4, -0.2) is 59.5 Å². The van der Waals surface area contributed by atoms with Gasteiger partial charge in [0.25, 0.3) is 11.8 Å². The van der Waals surface area contributed by atoms with Crippen molar-refractivity contribution < 1.29 is 23.5 Å². The second kappa shape index (κ2) is 10.2. The molecule has 10 heteroatoms. The number of benzene rings is 1. The smallest absolute Gasteiger partial charge is 0.298 e. The Morgan fingerprint density at radius 2 is 2.22 bits per heavy atom. The highest BCUT2D eigenvalue weighted by Crippen LogP contribution is 2.42. The van der Waals surface area contributed by atoms with Crippen LogP contribution in [0, 0.1) is 17.7 Å². The van der Waals surface area contributed by atoms with Crippen molar-refractivity contribution in [3.63, 3.8) is 0 Å². The zero-order valence-corrected chi connectivity index (χ0v) is 20.5. The fourth-order valence-electron chi connectivity index (χ4n) is 4.60. The van der Waals surface area contributed by atoms with E-state index in [-0.39, 0.29) is 30.2 Å². The zero-order valence-electron chi connectivity index (χ0n) is 20.5. The number of H-pyrrole nitrogens is 1. The molecule has 4 heterocycles. The van der Waals surface area contributed by atoms with Crippen molar-refractivity contribution >= 4 is 23.2 Å². The number of carbonyl (C=O) groups is 2. The van der Waals surface area contributed by atoms with Crippen molar-refractivity contribution in [1.82, 2.24) is 20.2 Å². The minimum atomic E-state index is -0.525. The maximum Gasteiger partial charge on any atom is 0.298 e. The van der Waals surface area contributed by atoms with E-state index in [0.717, 1.165) is 12.1 Å². The van der Waals surface area contributed by atoms with Gasteiger partial charge in [-0.05, 0) is 37.5 Å². The van der Waals surface area contributed by atoms with Crippen LogP contribution in [-0.2, 0) is 11.2 Å². The van der Waals surface area contributed by atoms with Crippen molar-refractivity contribution in [2.75, 3.05) is 32.1 Å². The molecule has 0 spiro atoms. The first kappa shape index (κ1) is 24.2. The van der Waals surface area contributed by atoms with E-state index in [1.807, 2.05) is 0 Å². The van der Waals surface area contributed by atoms with Crippen molar-refractivity contribution in [3.8, 4) is 34.6 Å². The van der Waals surface area contributed by atoms with Crippen LogP contribution in [0.1, 0.15) is 29.4 Å². The van der Waals surface area contributed by atoms with Gasteiger partial charge in [-0.25, -0.2) is 4.39 Å². The Kier molecular flexibility index (Phi) is 6.68. The molecule has 5 rings (SSSR count). The molecule has 2 aliphatic heterocycles. The Labute approximate surface area is 213 Å². The first-order valence-electron chi connectivity index (χ1n) is 11.9. The van der Waals surface area contributed by atoms with Crippen molar-refractivity contribution in [1.29, 1.82) is 0 Å². The van der Waals surface area contributed by atoms with Gasteiger partial charge >= 0.3 is 0 Å². The largest absolute Gasteiger partial charge is 0.492 e. The van der Waals surface area contributed by atoms with Gasteiger partial charge in [0.2, 0.25) is 0 Å². The molecule has 0 saturated carbocycles. The Bertz CT molecular complexity index is 1420. The van der Waals surface area contributed by atoms with Gasteiger partial charge in [0.1, 0.15) is 12.4 Å². The van der Waals surface area contributed by atoms with Gasteiger partial charge in [-0.1, -0.05) is 12.0 Å². The third-order valence-electron chi connectivity index (χ3n) is 6.52. The van der Waals surface area contributed by atoms with Crippen LogP contribution in [0.2, 0.25) is 0 Å². The van der Waals surface area contributed by atoms with E-state index in [2.05, 4.69) is 32.4 Å². The summed E-state index contributed by atoms with van der Waals surface area (Å²) in [5.41, 5.74) is 3.33. The number of carbonyl (C=O) groups excluding carboxylic acids is 2. The van der Waals surface area contributed by atoms with Crippen molar-refractivity contribution in [2.24, 2.45) is 0 Å². The predicted molar refractivity (Wildman–Crippen MR) is 135 cm³/mol. The number of hydrogen-bond donors (Lipinski definition) is 3. The third kappa shape index (κ3) is 4.56. The highest BCUT2D eigenvalue weighted by Gasteiger charge is 2.33. The molecular formula is C27H26FN5O4. The van der Waals surface area contributed by atoms with Gasteiger partial charge in [0.05, 0.1) is 42.0 Å². The molecule has 1 fully saturated rings. The molecular weight excluding hydrogens is 477 g/mol. The van der Waals surface area contributed by atoms with Gasteiger partial charge in [0, 0.05) is 37.0 Å². The summed E-state index contributed by atoms with van der Waals surface area (Å²) < 4.78 is 25.8. The molecule has 9 nitrogen and oxygen atoms in total. The number of rotatable bonds is 7. The Hall–Kier alpha value is -4.52. The molecule has 190 valence electrons. The first-order valence-corrected chi connectivity index (χ1v) is 11.9. The quantitative estimate of drug-likeness (QED) is 0.427. The van der Waals surface area contributed by atoms with Crippen LogP contribution in [0.5, 0.6) is 11.5 Å². The van der Waals surface area contributed by atoms with E-state index in [9.17, 15) is 14.0 Å². The Morgan fingerprint density at radius 3 is 2.97 bits per heavy atom. The fourth-order valence-corrected chi connectivity index (χ4v) is 4.60. The maximum atomic E-state index is 14.4. The lowest BCUT2D eigenvalue weighted by Gasteiger charge is -2.39. The lowest BCUT2D eigenvalue weighted by Crippen LogP contribution is -2.53. The molecule has 0 radical (unpaired) electrons.